The molecular weight excluding hydrogens is 287 g/mol. The van der Waals surface area contributed by atoms with Crippen molar-refractivity contribution in [3.8, 4) is 5.75 Å². The molecule has 0 bridgehead atoms. The third-order valence-corrected chi connectivity index (χ3v) is 3.94. The average molecular weight is 310 g/mol. The molecule has 1 aromatic rings. The van der Waals surface area contributed by atoms with Crippen molar-refractivity contribution in [3.05, 3.63) is 30.1 Å². The Kier molecular flexibility index (Phi) is 6.15. The maximum atomic E-state index is 12.8. The minimum atomic E-state index is -0.486. The van der Waals surface area contributed by atoms with E-state index in [0.717, 1.165) is 12.8 Å². The molecule has 1 heterocycles. The summed E-state index contributed by atoms with van der Waals surface area (Å²) in [6.07, 6.45) is 1.65. The van der Waals surface area contributed by atoms with Gasteiger partial charge in [0.1, 0.15) is 18.2 Å². The summed E-state index contributed by atoms with van der Waals surface area (Å²) in [5, 5.41) is 0. The quantitative estimate of drug-likeness (QED) is 0.863. The van der Waals surface area contributed by atoms with E-state index in [-0.39, 0.29) is 17.6 Å². The van der Waals surface area contributed by atoms with Crippen LogP contribution in [-0.2, 0) is 9.53 Å². The molecule has 1 amide bonds. The summed E-state index contributed by atoms with van der Waals surface area (Å²) in [4.78, 5) is 13.9. The number of nitrogens with two attached hydrogens (primary N) is 1. The van der Waals surface area contributed by atoms with Crippen LogP contribution in [0.5, 0.6) is 5.75 Å². The summed E-state index contributed by atoms with van der Waals surface area (Å²) < 4.78 is 23.5. The Morgan fingerprint density at radius 1 is 1.41 bits per heavy atom. The molecular formula is C16H23FN2O3. The van der Waals surface area contributed by atoms with Gasteiger partial charge in [-0.15, -0.1) is 0 Å². The normalized spacial score (nSPS) is 17.0. The van der Waals surface area contributed by atoms with E-state index in [9.17, 15) is 9.18 Å². The van der Waals surface area contributed by atoms with E-state index in [1.54, 1.807) is 24.1 Å². The van der Waals surface area contributed by atoms with Crippen LogP contribution >= 0.6 is 0 Å². The Morgan fingerprint density at radius 3 is 2.68 bits per heavy atom. The molecule has 1 unspecified atom stereocenters. The van der Waals surface area contributed by atoms with Crippen molar-refractivity contribution in [3.63, 3.8) is 0 Å². The Hall–Kier alpha value is -1.66. The van der Waals surface area contributed by atoms with Gasteiger partial charge in [-0.2, -0.15) is 0 Å². The van der Waals surface area contributed by atoms with E-state index in [1.165, 1.54) is 12.1 Å². The van der Waals surface area contributed by atoms with Gasteiger partial charge in [0.2, 0.25) is 5.91 Å². The standard InChI is InChI=1S/C16H23FN2O3/c1-19(8-11-22-14-4-2-13(17)3-5-14)16(20)15(18)12-6-9-21-10-7-12/h2-5,12,15H,6-11,18H2,1H3. The van der Waals surface area contributed by atoms with E-state index in [0.29, 0.717) is 32.1 Å². The lowest BCUT2D eigenvalue weighted by molar-refractivity contribution is -0.133. The first kappa shape index (κ1) is 16.7. The molecule has 1 aliphatic rings. The Balaban J connectivity index is 1.74. The number of amides is 1. The van der Waals surface area contributed by atoms with E-state index in [1.807, 2.05) is 0 Å². The second-order valence-corrected chi connectivity index (χ2v) is 5.54. The number of halogens is 1. The SMILES string of the molecule is CN(CCOc1ccc(F)cc1)C(=O)C(N)C1CCOCC1. The minimum absolute atomic E-state index is 0.0744. The van der Waals surface area contributed by atoms with Crippen LogP contribution in [0, 0.1) is 11.7 Å². The molecule has 22 heavy (non-hydrogen) atoms. The highest BCUT2D eigenvalue weighted by atomic mass is 19.1. The average Bonchev–Trinajstić information content (AvgIpc) is 2.56. The number of carbonyl (C=O) groups is 1. The largest absolute Gasteiger partial charge is 0.492 e. The highest BCUT2D eigenvalue weighted by Crippen LogP contribution is 2.18. The minimum Gasteiger partial charge on any atom is -0.492 e. The molecule has 2 rings (SSSR count). The van der Waals surface area contributed by atoms with Crippen LogP contribution in [0.3, 0.4) is 0 Å². The molecule has 1 aliphatic heterocycles. The summed E-state index contributed by atoms with van der Waals surface area (Å²) >= 11 is 0. The summed E-state index contributed by atoms with van der Waals surface area (Å²) in [6, 6.07) is 5.31. The van der Waals surface area contributed by atoms with Gasteiger partial charge in [-0.1, -0.05) is 0 Å². The van der Waals surface area contributed by atoms with Crippen molar-refractivity contribution < 1.29 is 18.7 Å². The lowest BCUT2D eigenvalue weighted by Crippen LogP contribution is -2.48. The maximum absolute atomic E-state index is 12.8. The van der Waals surface area contributed by atoms with E-state index >= 15 is 0 Å². The van der Waals surface area contributed by atoms with Crippen molar-refractivity contribution in [2.75, 3.05) is 33.4 Å². The Bertz CT molecular complexity index is 475. The zero-order valence-corrected chi connectivity index (χ0v) is 12.8. The molecule has 1 fully saturated rings. The second-order valence-electron chi connectivity index (χ2n) is 5.54. The molecule has 5 nitrogen and oxygen atoms in total. The number of hydrogen-bond donors (Lipinski definition) is 1. The van der Waals surface area contributed by atoms with Gasteiger partial charge >= 0.3 is 0 Å². The summed E-state index contributed by atoms with van der Waals surface area (Å²) in [7, 11) is 1.72. The van der Waals surface area contributed by atoms with Gasteiger partial charge in [-0.3, -0.25) is 4.79 Å². The molecule has 1 atom stereocenters. The van der Waals surface area contributed by atoms with Crippen LogP contribution < -0.4 is 10.5 Å². The van der Waals surface area contributed by atoms with Gasteiger partial charge in [0, 0.05) is 20.3 Å². The topological polar surface area (TPSA) is 64.8 Å². The van der Waals surface area contributed by atoms with Crippen molar-refractivity contribution in [1.82, 2.24) is 4.90 Å². The molecule has 1 saturated heterocycles. The predicted octanol–water partition coefficient (Wildman–Crippen LogP) is 1.42. The van der Waals surface area contributed by atoms with Gasteiger partial charge in [0.05, 0.1) is 12.6 Å². The van der Waals surface area contributed by atoms with Gasteiger partial charge < -0.3 is 20.1 Å². The van der Waals surface area contributed by atoms with Gasteiger partial charge in [-0.05, 0) is 43.0 Å². The zero-order valence-electron chi connectivity index (χ0n) is 12.8. The van der Waals surface area contributed by atoms with Crippen LogP contribution in [0.4, 0.5) is 4.39 Å². The van der Waals surface area contributed by atoms with Crippen LogP contribution in [-0.4, -0.2) is 50.3 Å². The van der Waals surface area contributed by atoms with Crippen LogP contribution in [0.25, 0.3) is 0 Å². The zero-order chi connectivity index (χ0) is 15.9. The molecule has 0 saturated carbocycles. The fourth-order valence-corrected chi connectivity index (χ4v) is 2.47. The summed E-state index contributed by atoms with van der Waals surface area (Å²) in [6.45, 7) is 2.12. The van der Waals surface area contributed by atoms with Gasteiger partial charge in [0.25, 0.3) is 0 Å². The molecule has 0 radical (unpaired) electrons. The fraction of sp³-hybridized carbons (Fsp3) is 0.562. The van der Waals surface area contributed by atoms with Crippen LogP contribution in [0.1, 0.15) is 12.8 Å². The number of nitrogens with zero attached hydrogens (tertiary/aromatic N) is 1. The molecule has 6 heteroatoms. The lowest BCUT2D eigenvalue weighted by Gasteiger charge is -2.29. The summed E-state index contributed by atoms with van der Waals surface area (Å²) in [5.74, 6) is 0.384. The lowest BCUT2D eigenvalue weighted by atomic mass is 9.91. The maximum Gasteiger partial charge on any atom is 0.239 e. The van der Waals surface area contributed by atoms with E-state index < -0.39 is 6.04 Å². The summed E-state index contributed by atoms with van der Waals surface area (Å²) in [5.41, 5.74) is 6.06. The monoisotopic (exact) mass is 310 g/mol. The highest BCUT2D eigenvalue weighted by Gasteiger charge is 2.28. The highest BCUT2D eigenvalue weighted by molar-refractivity contribution is 5.81. The molecule has 0 spiro atoms. The molecule has 0 aliphatic carbocycles. The van der Waals surface area contributed by atoms with Gasteiger partial charge in [0.15, 0.2) is 0 Å². The van der Waals surface area contributed by atoms with Crippen molar-refractivity contribution in [2.24, 2.45) is 11.7 Å². The number of likely N-dealkylation sites (N-methyl/N-ethyl adjacent to an activating group) is 1. The predicted molar refractivity (Wildman–Crippen MR) is 81.1 cm³/mol. The van der Waals surface area contributed by atoms with Crippen molar-refractivity contribution >= 4 is 5.91 Å². The molecule has 2 N–H and O–H groups in total. The third-order valence-electron chi connectivity index (χ3n) is 3.94. The van der Waals surface area contributed by atoms with Crippen molar-refractivity contribution in [2.45, 2.75) is 18.9 Å². The number of ether oxygens (including phenoxy) is 2. The number of benzene rings is 1. The fourth-order valence-electron chi connectivity index (χ4n) is 2.47. The number of rotatable bonds is 6. The number of hydrogen-bond acceptors (Lipinski definition) is 4. The van der Waals surface area contributed by atoms with Crippen molar-refractivity contribution in [1.29, 1.82) is 0 Å². The van der Waals surface area contributed by atoms with Crippen LogP contribution in [0.2, 0.25) is 0 Å². The smallest absolute Gasteiger partial charge is 0.239 e. The van der Waals surface area contributed by atoms with E-state index in [2.05, 4.69) is 0 Å². The molecule has 1 aromatic carbocycles. The first-order chi connectivity index (χ1) is 10.6. The molecule has 0 aromatic heterocycles. The first-order valence-electron chi connectivity index (χ1n) is 7.54. The Morgan fingerprint density at radius 2 is 2.05 bits per heavy atom. The van der Waals surface area contributed by atoms with Crippen LogP contribution in [0.15, 0.2) is 24.3 Å². The van der Waals surface area contributed by atoms with E-state index in [4.69, 9.17) is 15.2 Å². The second kappa shape index (κ2) is 8.10. The molecule has 122 valence electrons. The third kappa shape index (κ3) is 4.68. The number of carbonyl (C=O) groups excluding carboxylic acids is 1. The Labute approximate surface area is 130 Å². The van der Waals surface area contributed by atoms with Gasteiger partial charge in [-0.25, -0.2) is 4.39 Å². The first-order valence-corrected chi connectivity index (χ1v) is 7.54.